The molecule has 0 bridgehead atoms. The minimum absolute atomic E-state index is 0.00347. The molecular formula is C14H15NO2S. The molecule has 0 saturated carbocycles. The Morgan fingerprint density at radius 2 is 2.17 bits per heavy atom. The number of nitrogens with zero attached hydrogens (tertiary/aromatic N) is 1. The summed E-state index contributed by atoms with van der Waals surface area (Å²) in [6.45, 7) is 4.30. The number of carbonyl (C=O) groups is 1. The average Bonchev–Trinajstić information content (AvgIpc) is 2.64. The van der Waals surface area contributed by atoms with Gasteiger partial charge in [0, 0.05) is 23.6 Å². The number of para-hydroxylation sites is 1. The van der Waals surface area contributed by atoms with Crippen molar-refractivity contribution in [2.75, 3.05) is 11.4 Å². The number of thioether (sulfide) groups is 1. The van der Waals surface area contributed by atoms with E-state index in [1.807, 2.05) is 12.1 Å². The van der Waals surface area contributed by atoms with E-state index in [1.165, 1.54) is 17.9 Å². The van der Waals surface area contributed by atoms with Crippen LogP contribution in [0.2, 0.25) is 0 Å². The molecule has 0 amide bonds. The zero-order valence-corrected chi connectivity index (χ0v) is 11.2. The number of rotatable bonds is 3. The molecule has 1 aliphatic rings. The van der Waals surface area contributed by atoms with Crippen LogP contribution >= 0.6 is 11.8 Å². The Bertz CT molecular complexity index is 534. The number of fused-ring (bicyclic) bond motifs is 1. The summed E-state index contributed by atoms with van der Waals surface area (Å²) in [6, 6.07) is 8.10. The largest absolute Gasteiger partial charge is 0.508 e. The highest BCUT2D eigenvalue weighted by Gasteiger charge is 2.23. The highest BCUT2D eigenvalue weighted by molar-refractivity contribution is 8.03. The van der Waals surface area contributed by atoms with Crippen LogP contribution in [0, 0.1) is 0 Å². The number of allylic oxidation sites excluding steroid dienone is 2. The summed E-state index contributed by atoms with van der Waals surface area (Å²) in [5.74, 6) is -0.163. The third-order valence-electron chi connectivity index (χ3n) is 2.58. The van der Waals surface area contributed by atoms with E-state index >= 15 is 0 Å². The third kappa shape index (κ3) is 2.59. The van der Waals surface area contributed by atoms with Crippen molar-refractivity contribution in [3.63, 3.8) is 0 Å². The standard InChI is InChI=1S/C14H15NO2S/c1-3-15-12-6-4-5-7-13(12)18-14(15)9-11(17)8-10(2)16/h4-9,17H,3H2,1-2H3/b11-8-,14-9-. The van der Waals surface area contributed by atoms with Crippen LogP contribution in [0.1, 0.15) is 13.8 Å². The molecule has 94 valence electrons. The molecule has 0 aromatic heterocycles. The summed E-state index contributed by atoms with van der Waals surface area (Å²) >= 11 is 1.60. The molecule has 1 aliphatic heterocycles. The van der Waals surface area contributed by atoms with Gasteiger partial charge in [0.2, 0.25) is 0 Å². The van der Waals surface area contributed by atoms with Crippen LogP contribution in [0.5, 0.6) is 0 Å². The molecule has 4 heteroatoms. The Balaban J connectivity index is 2.33. The predicted molar refractivity (Wildman–Crippen MR) is 74.8 cm³/mol. The van der Waals surface area contributed by atoms with Gasteiger partial charge in [-0.3, -0.25) is 4.79 Å². The van der Waals surface area contributed by atoms with Gasteiger partial charge in [0.25, 0.3) is 0 Å². The number of aliphatic hydroxyl groups is 1. The van der Waals surface area contributed by atoms with Crippen LogP contribution < -0.4 is 4.90 Å². The normalized spacial score (nSPS) is 17.1. The fourth-order valence-corrected chi connectivity index (χ4v) is 3.03. The number of hydrogen-bond donors (Lipinski definition) is 1. The summed E-state index contributed by atoms with van der Waals surface area (Å²) in [4.78, 5) is 14.2. The third-order valence-corrected chi connectivity index (χ3v) is 3.69. The molecule has 18 heavy (non-hydrogen) atoms. The number of aliphatic hydroxyl groups excluding tert-OH is 1. The van der Waals surface area contributed by atoms with Gasteiger partial charge in [0.15, 0.2) is 5.78 Å². The Morgan fingerprint density at radius 1 is 1.44 bits per heavy atom. The van der Waals surface area contributed by atoms with Gasteiger partial charge in [-0.25, -0.2) is 0 Å². The molecule has 0 radical (unpaired) electrons. The van der Waals surface area contributed by atoms with Crippen molar-refractivity contribution in [1.29, 1.82) is 0 Å². The second kappa shape index (κ2) is 5.31. The number of ketones is 1. The van der Waals surface area contributed by atoms with Crippen LogP contribution in [0.25, 0.3) is 0 Å². The molecule has 0 aliphatic carbocycles. The first-order chi connectivity index (χ1) is 8.61. The molecule has 1 N–H and O–H groups in total. The molecule has 0 fully saturated rings. The summed E-state index contributed by atoms with van der Waals surface area (Å²) in [6.07, 6.45) is 2.86. The van der Waals surface area contributed by atoms with Crippen LogP contribution in [0.15, 0.2) is 52.1 Å². The number of anilines is 1. The van der Waals surface area contributed by atoms with Crippen LogP contribution in [-0.2, 0) is 4.79 Å². The molecule has 0 unspecified atom stereocenters. The lowest BCUT2D eigenvalue weighted by atomic mass is 10.3. The van der Waals surface area contributed by atoms with Gasteiger partial charge in [-0.15, -0.1) is 0 Å². The summed E-state index contributed by atoms with van der Waals surface area (Å²) < 4.78 is 0. The van der Waals surface area contributed by atoms with Crippen molar-refractivity contribution in [2.24, 2.45) is 0 Å². The molecule has 0 saturated heterocycles. The van der Waals surface area contributed by atoms with Crippen molar-refractivity contribution in [1.82, 2.24) is 0 Å². The van der Waals surface area contributed by atoms with Crippen molar-refractivity contribution in [3.8, 4) is 0 Å². The Hall–Kier alpha value is -1.68. The highest BCUT2D eigenvalue weighted by Crippen LogP contribution is 2.45. The monoisotopic (exact) mass is 261 g/mol. The maximum Gasteiger partial charge on any atom is 0.156 e. The van der Waals surface area contributed by atoms with Crippen LogP contribution in [0.4, 0.5) is 5.69 Å². The van der Waals surface area contributed by atoms with Gasteiger partial charge in [-0.05, 0) is 26.0 Å². The van der Waals surface area contributed by atoms with E-state index in [0.717, 1.165) is 17.3 Å². The maximum atomic E-state index is 10.9. The van der Waals surface area contributed by atoms with Crippen molar-refractivity contribution in [3.05, 3.63) is 47.2 Å². The van der Waals surface area contributed by atoms with E-state index in [1.54, 1.807) is 17.8 Å². The summed E-state index contributed by atoms with van der Waals surface area (Å²) in [5.41, 5.74) is 1.15. The molecule has 2 rings (SSSR count). The second-order valence-electron chi connectivity index (χ2n) is 3.98. The van der Waals surface area contributed by atoms with E-state index < -0.39 is 0 Å². The zero-order chi connectivity index (χ0) is 13.1. The first kappa shape index (κ1) is 12.8. The van der Waals surface area contributed by atoms with Gasteiger partial charge in [-0.2, -0.15) is 0 Å². The fraction of sp³-hybridized carbons (Fsp3) is 0.214. The first-order valence-corrected chi connectivity index (χ1v) is 6.61. The molecule has 1 aromatic carbocycles. The van der Waals surface area contributed by atoms with E-state index in [4.69, 9.17) is 0 Å². The van der Waals surface area contributed by atoms with Crippen molar-refractivity contribution >= 4 is 23.2 Å². The van der Waals surface area contributed by atoms with Crippen molar-refractivity contribution in [2.45, 2.75) is 18.7 Å². The Morgan fingerprint density at radius 3 is 2.83 bits per heavy atom. The number of benzene rings is 1. The van der Waals surface area contributed by atoms with E-state index in [2.05, 4.69) is 24.0 Å². The van der Waals surface area contributed by atoms with E-state index in [9.17, 15) is 9.90 Å². The molecule has 3 nitrogen and oxygen atoms in total. The van der Waals surface area contributed by atoms with Gasteiger partial charge >= 0.3 is 0 Å². The van der Waals surface area contributed by atoms with E-state index in [-0.39, 0.29) is 11.5 Å². The number of hydrogen-bond acceptors (Lipinski definition) is 4. The van der Waals surface area contributed by atoms with Gasteiger partial charge < -0.3 is 10.0 Å². The molecule has 1 heterocycles. The number of carbonyl (C=O) groups excluding carboxylic acids is 1. The zero-order valence-electron chi connectivity index (χ0n) is 10.4. The fourth-order valence-electron chi connectivity index (χ4n) is 1.86. The van der Waals surface area contributed by atoms with Crippen LogP contribution in [-0.4, -0.2) is 17.4 Å². The first-order valence-electron chi connectivity index (χ1n) is 5.79. The SMILES string of the molecule is CCN1/C(=C/C(O)=C/C(C)=O)Sc2ccccc21. The highest BCUT2D eigenvalue weighted by atomic mass is 32.2. The Labute approximate surface area is 111 Å². The molecule has 0 spiro atoms. The lowest BCUT2D eigenvalue weighted by Gasteiger charge is -2.17. The molecule has 1 aromatic rings. The summed E-state index contributed by atoms with van der Waals surface area (Å²) in [5, 5.41) is 10.6. The van der Waals surface area contributed by atoms with Gasteiger partial charge in [0.1, 0.15) is 5.76 Å². The lowest BCUT2D eigenvalue weighted by molar-refractivity contribution is -0.112. The second-order valence-corrected chi connectivity index (χ2v) is 5.04. The Kier molecular flexibility index (Phi) is 3.77. The summed E-state index contributed by atoms with van der Waals surface area (Å²) in [7, 11) is 0. The quantitative estimate of drug-likeness (QED) is 0.668. The van der Waals surface area contributed by atoms with Crippen molar-refractivity contribution < 1.29 is 9.90 Å². The predicted octanol–water partition coefficient (Wildman–Crippen LogP) is 3.49. The van der Waals surface area contributed by atoms with E-state index in [0.29, 0.717) is 0 Å². The topological polar surface area (TPSA) is 40.5 Å². The maximum absolute atomic E-state index is 10.9. The van der Waals surface area contributed by atoms with Gasteiger partial charge in [0.05, 0.1) is 10.7 Å². The minimum atomic E-state index is -0.159. The lowest BCUT2D eigenvalue weighted by Crippen LogP contribution is -2.16. The average molecular weight is 261 g/mol. The molecule has 0 atom stereocenters. The van der Waals surface area contributed by atoms with Crippen LogP contribution in [0.3, 0.4) is 0 Å². The molecular weight excluding hydrogens is 246 g/mol. The van der Waals surface area contributed by atoms with Gasteiger partial charge in [-0.1, -0.05) is 23.9 Å². The minimum Gasteiger partial charge on any atom is -0.508 e. The smallest absolute Gasteiger partial charge is 0.156 e.